The maximum Gasteiger partial charge on any atom is 0.129 e. The van der Waals surface area contributed by atoms with Gasteiger partial charge in [0.1, 0.15) is 11.6 Å². The van der Waals surface area contributed by atoms with Crippen LogP contribution in [0.25, 0.3) is 0 Å². The number of Topliss-reactive ketones (excluding diaryl/α,β-unsaturated/α-hetero) is 2. The molecule has 0 aliphatic rings. The second-order valence-electron chi connectivity index (χ2n) is 6.36. The molecule has 0 rings (SSSR count). The number of rotatable bonds is 15. The van der Waals surface area contributed by atoms with Crippen molar-refractivity contribution in [2.75, 3.05) is 33.5 Å². The van der Waals surface area contributed by atoms with Crippen molar-refractivity contribution >= 4 is 11.6 Å². The molecule has 0 saturated heterocycles. The van der Waals surface area contributed by atoms with Gasteiger partial charge >= 0.3 is 0 Å². The number of aliphatic hydroxyl groups is 1. The fraction of sp³-hybridized carbons (Fsp3) is 0.895. The number of ketones is 2. The van der Waals surface area contributed by atoms with Gasteiger partial charge in [0.05, 0.1) is 25.4 Å². The van der Waals surface area contributed by atoms with Gasteiger partial charge in [-0.15, -0.1) is 0 Å². The molecule has 0 aromatic heterocycles. The van der Waals surface area contributed by atoms with Gasteiger partial charge in [0.15, 0.2) is 0 Å². The number of ether oxygens (including phenoxy) is 3. The Labute approximate surface area is 153 Å². The highest BCUT2D eigenvalue weighted by Gasteiger charge is 1.99. The van der Waals surface area contributed by atoms with E-state index in [4.69, 9.17) is 19.3 Å². The standard InChI is InChI=1S/C10H20O3.C9H18O3/c1-9(11)6-4-5-7-13-8-10(2)12-3;1-8(10)5-3-4-6-12-7-9(2)11/h10H,4-8H2,1-3H3;9,11H,3-7H2,1-2H3. The normalized spacial score (nSPS) is 12.9. The monoisotopic (exact) mass is 362 g/mol. The molecular formula is C19H38O6. The molecule has 0 spiro atoms. The Morgan fingerprint density at radius 1 is 0.840 bits per heavy atom. The van der Waals surface area contributed by atoms with Crippen LogP contribution in [0.4, 0.5) is 0 Å². The lowest BCUT2D eigenvalue weighted by molar-refractivity contribution is -0.118. The van der Waals surface area contributed by atoms with Gasteiger partial charge in [-0.05, 0) is 53.4 Å². The molecule has 0 radical (unpaired) electrons. The molecule has 0 aromatic carbocycles. The average Bonchev–Trinajstić information content (AvgIpc) is 2.53. The van der Waals surface area contributed by atoms with Crippen molar-refractivity contribution in [1.82, 2.24) is 0 Å². The van der Waals surface area contributed by atoms with Crippen LogP contribution in [-0.2, 0) is 23.8 Å². The van der Waals surface area contributed by atoms with Gasteiger partial charge in [-0.3, -0.25) is 0 Å². The summed E-state index contributed by atoms with van der Waals surface area (Å²) in [4.78, 5) is 21.1. The largest absolute Gasteiger partial charge is 0.391 e. The lowest BCUT2D eigenvalue weighted by atomic mass is 10.2. The Balaban J connectivity index is 0. The highest BCUT2D eigenvalue weighted by molar-refractivity contribution is 5.75. The minimum Gasteiger partial charge on any atom is -0.391 e. The Hall–Kier alpha value is -0.820. The van der Waals surface area contributed by atoms with Gasteiger partial charge < -0.3 is 28.9 Å². The van der Waals surface area contributed by atoms with Crippen molar-refractivity contribution in [2.24, 2.45) is 0 Å². The van der Waals surface area contributed by atoms with Crippen LogP contribution in [0.2, 0.25) is 0 Å². The number of carbonyl (C=O) groups excluding carboxylic acids is 2. The minimum atomic E-state index is -0.391. The van der Waals surface area contributed by atoms with Crippen LogP contribution in [0.5, 0.6) is 0 Å². The highest BCUT2D eigenvalue weighted by Crippen LogP contribution is 1.98. The number of unbranched alkanes of at least 4 members (excludes halogenated alkanes) is 2. The third kappa shape index (κ3) is 28.3. The summed E-state index contributed by atoms with van der Waals surface area (Å²) in [5.74, 6) is 0.482. The van der Waals surface area contributed by atoms with Crippen molar-refractivity contribution in [3.05, 3.63) is 0 Å². The number of hydrogen-bond donors (Lipinski definition) is 1. The van der Waals surface area contributed by atoms with Gasteiger partial charge in [-0.25, -0.2) is 0 Å². The van der Waals surface area contributed by atoms with Crippen molar-refractivity contribution in [2.45, 2.75) is 78.4 Å². The molecule has 0 bridgehead atoms. The molecule has 25 heavy (non-hydrogen) atoms. The summed E-state index contributed by atoms with van der Waals surface area (Å²) in [6, 6.07) is 0. The summed E-state index contributed by atoms with van der Waals surface area (Å²) in [5.41, 5.74) is 0. The summed E-state index contributed by atoms with van der Waals surface area (Å²) in [5, 5.41) is 8.82. The zero-order chi connectivity index (χ0) is 19.5. The van der Waals surface area contributed by atoms with Gasteiger partial charge in [-0.2, -0.15) is 0 Å². The summed E-state index contributed by atoms with van der Waals surface area (Å²) in [7, 11) is 1.67. The Morgan fingerprint density at radius 2 is 1.28 bits per heavy atom. The van der Waals surface area contributed by atoms with E-state index in [2.05, 4.69) is 0 Å². The van der Waals surface area contributed by atoms with Crippen LogP contribution in [-0.4, -0.2) is 62.4 Å². The quantitative estimate of drug-likeness (QED) is 0.451. The van der Waals surface area contributed by atoms with E-state index < -0.39 is 6.10 Å². The number of methoxy groups -OCH3 is 1. The van der Waals surface area contributed by atoms with E-state index >= 15 is 0 Å². The maximum absolute atomic E-state index is 10.6. The maximum atomic E-state index is 10.6. The van der Waals surface area contributed by atoms with Crippen LogP contribution in [0.15, 0.2) is 0 Å². The predicted octanol–water partition coefficient (Wildman–Crippen LogP) is 2.94. The Morgan fingerprint density at radius 3 is 1.64 bits per heavy atom. The number of hydrogen-bond acceptors (Lipinski definition) is 6. The molecule has 2 unspecified atom stereocenters. The van der Waals surface area contributed by atoms with Gasteiger partial charge in [-0.1, -0.05) is 0 Å². The zero-order valence-corrected chi connectivity index (χ0v) is 16.7. The zero-order valence-electron chi connectivity index (χ0n) is 16.7. The lowest BCUT2D eigenvalue weighted by Gasteiger charge is -2.09. The summed E-state index contributed by atoms with van der Waals surface area (Å²) in [6.07, 6.45) is 4.74. The van der Waals surface area contributed by atoms with E-state index in [1.165, 1.54) is 0 Å². The van der Waals surface area contributed by atoms with E-state index in [1.54, 1.807) is 27.9 Å². The van der Waals surface area contributed by atoms with Crippen molar-refractivity contribution in [3.8, 4) is 0 Å². The Bertz CT molecular complexity index is 317. The molecule has 6 nitrogen and oxygen atoms in total. The van der Waals surface area contributed by atoms with Crippen LogP contribution < -0.4 is 0 Å². The fourth-order valence-electron chi connectivity index (χ4n) is 1.73. The third-order valence-corrected chi connectivity index (χ3v) is 3.25. The van der Waals surface area contributed by atoms with Crippen LogP contribution in [0.3, 0.4) is 0 Å². The minimum absolute atomic E-state index is 0.160. The van der Waals surface area contributed by atoms with E-state index in [1.807, 2.05) is 6.92 Å². The molecule has 150 valence electrons. The highest BCUT2D eigenvalue weighted by atomic mass is 16.5. The molecule has 1 N–H and O–H groups in total. The molecule has 0 aliphatic heterocycles. The van der Waals surface area contributed by atoms with Crippen LogP contribution >= 0.6 is 0 Å². The van der Waals surface area contributed by atoms with E-state index in [-0.39, 0.29) is 17.7 Å². The first-order valence-corrected chi connectivity index (χ1v) is 9.14. The summed E-state index contributed by atoms with van der Waals surface area (Å²) < 4.78 is 15.5. The summed E-state index contributed by atoms with van der Waals surface area (Å²) >= 11 is 0. The molecule has 6 heteroatoms. The molecule has 2 atom stereocenters. The lowest BCUT2D eigenvalue weighted by Crippen LogP contribution is -2.14. The van der Waals surface area contributed by atoms with E-state index in [0.717, 1.165) is 32.3 Å². The van der Waals surface area contributed by atoms with Crippen LogP contribution in [0, 0.1) is 0 Å². The smallest absolute Gasteiger partial charge is 0.129 e. The molecule has 0 fully saturated rings. The molecule has 0 aromatic rings. The first kappa shape index (κ1) is 26.4. The predicted molar refractivity (Wildman–Crippen MR) is 98.9 cm³/mol. The van der Waals surface area contributed by atoms with Crippen molar-refractivity contribution in [1.29, 1.82) is 0 Å². The molecular weight excluding hydrogens is 324 g/mol. The van der Waals surface area contributed by atoms with Crippen molar-refractivity contribution < 1.29 is 28.9 Å². The first-order chi connectivity index (χ1) is 11.8. The molecule has 0 saturated carbocycles. The second-order valence-corrected chi connectivity index (χ2v) is 6.36. The number of carbonyl (C=O) groups is 2. The van der Waals surface area contributed by atoms with Crippen molar-refractivity contribution in [3.63, 3.8) is 0 Å². The SMILES string of the molecule is CC(=O)CCCCOCC(C)O.COC(C)COCCCCC(C)=O. The number of aliphatic hydroxyl groups excluding tert-OH is 1. The van der Waals surface area contributed by atoms with E-state index in [0.29, 0.717) is 32.7 Å². The van der Waals surface area contributed by atoms with Gasteiger partial charge in [0.25, 0.3) is 0 Å². The van der Waals surface area contributed by atoms with Gasteiger partial charge in [0.2, 0.25) is 0 Å². The second kappa shape index (κ2) is 19.5. The topological polar surface area (TPSA) is 82.1 Å². The summed E-state index contributed by atoms with van der Waals surface area (Å²) in [6.45, 7) is 9.26. The van der Waals surface area contributed by atoms with Gasteiger partial charge in [0, 0.05) is 33.2 Å². The molecule has 0 amide bonds. The third-order valence-electron chi connectivity index (χ3n) is 3.25. The van der Waals surface area contributed by atoms with E-state index in [9.17, 15) is 9.59 Å². The first-order valence-electron chi connectivity index (χ1n) is 9.14. The molecule has 0 aliphatic carbocycles. The Kier molecular flexibility index (Phi) is 20.6. The average molecular weight is 363 g/mol. The fourth-order valence-corrected chi connectivity index (χ4v) is 1.73. The van der Waals surface area contributed by atoms with Crippen LogP contribution in [0.1, 0.15) is 66.2 Å². The molecule has 0 heterocycles.